The number of rotatable bonds is 11. The smallest absolute Gasteiger partial charge is 0.322 e. The van der Waals surface area contributed by atoms with Crippen LogP contribution in [-0.2, 0) is 9.59 Å². The summed E-state index contributed by atoms with van der Waals surface area (Å²) in [6.45, 7) is 10.2. The maximum atomic E-state index is 11.9. The van der Waals surface area contributed by atoms with E-state index < -0.39 is 12.0 Å². The Kier molecular flexibility index (Phi) is 21.2. The maximum Gasteiger partial charge on any atom is 0.322 e. The van der Waals surface area contributed by atoms with Crippen molar-refractivity contribution in [1.82, 2.24) is 10.6 Å². The number of hydrogen-bond acceptors (Lipinski definition) is 6. The lowest BCUT2D eigenvalue weighted by Crippen LogP contribution is -2.48. The molecule has 2 atom stereocenters. The number of ketones is 1. The number of likely N-dealkylation sites (N-methyl/N-ethyl adjacent to an activating group) is 2. The van der Waals surface area contributed by atoms with Crippen LogP contribution in [0.3, 0.4) is 0 Å². The van der Waals surface area contributed by atoms with Crippen LogP contribution in [0.5, 0.6) is 0 Å². The van der Waals surface area contributed by atoms with Gasteiger partial charge < -0.3 is 15.7 Å². The molecule has 7 heteroatoms. The van der Waals surface area contributed by atoms with Gasteiger partial charge in [-0.25, -0.2) is 0 Å². The number of carboxylic acids is 1. The molecule has 0 heterocycles. The molecule has 0 aliphatic carbocycles. The second-order valence-corrected chi connectivity index (χ2v) is 9.89. The largest absolute Gasteiger partial charge is 0.480 e. The Morgan fingerprint density at radius 1 is 0.926 bits per heavy atom. The van der Waals surface area contributed by atoms with E-state index in [1.807, 2.05) is 27.2 Å². The lowest BCUT2D eigenvalue weighted by molar-refractivity contribution is -0.140. The van der Waals surface area contributed by atoms with Gasteiger partial charge in [-0.15, -0.1) is 0 Å². The van der Waals surface area contributed by atoms with Crippen LogP contribution < -0.4 is 10.6 Å². The molecule has 2 unspecified atom stereocenters. The molecule has 166 valence electrons. The molecule has 0 aromatic carbocycles. The summed E-state index contributed by atoms with van der Waals surface area (Å²) in [5.41, 5.74) is 0. The Bertz CT molecular complexity index is 403. The normalized spacial score (nSPS) is 13.2. The van der Waals surface area contributed by atoms with Crippen LogP contribution in [-0.4, -0.2) is 65.0 Å². The molecule has 27 heavy (non-hydrogen) atoms. The van der Waals surface area contributed by atoms with E-state index in [0.29, 0.717) is 12.2 Å². The van der Waals surface area contributed by atoms with Gasteiger partial charge in [-0.2, -0.15) is 23.5 Å². The molecule has 0 aromatic rings. The fourth-order valence-electron chi connectivity index (χ4n) is 2.40. The van der Waals surface area contributed by atoms with Crippen LogP contribution in [0.25, 0.3) is 0 Å². The molecule has 0 saturated heterocycles. The van der Waals surface area contributed by atoms with Gasteiger partial charge in [0.2, 0.25) is 0 Å². The van der Waals surface area contributed by atoms with Crippen molar-refractivity contribution in [3.8, 4) is 0 Å². The second-order valence-electron chi connectivity index (χ2n) is 6.97. The van der Waals surface area contributed by atoms with Gasteiger partial charge in [-0.05, 0) is 60.7 Å². The van der Waals surface area contributed by atoms with E-state index in [1.54, 1.807) is 30.6 Å². The fraction of sp³-hybridized carbons (Fsp3) is 0.900. The van der Waals surface area contributed by atoms with Crippen molar-refractivity contribution in [1.29, 1.82) is 0 Å². The molecule has 0 saturated carbocycles. The van der Waals surface area contributed by atoms with Gasteiger partial charge in [-0.1, -0.05) is 28.2 Å². The summed E-state index contributed by atoms with van der Waals surface area (Å²) in [4.78, 5) is 22.5. The molecule has 3 N–H and O–H groups in total. The molecule has 0 aliphatic rings. The first-order valence-corrected chi connectivity index (χ1v) is 11.1. The minimum absolute atomic E-state index is 0. The van der Waals surface area contributed by atoms with Crippen LogP contribution in [0.4, 0.5) is 0 Å². The summed E-state index contributed by atoms with van der Waals surface area (Å²) in [5.74, 6) is -0.458. The number of nitrogens with one attached hydrogen (secondary N) is 2. The lowest BCUT2D eigenvalue weighted by Gasteiger charge is -2.31. The monoisotopic (exact) mass is 426 g/mol. The van der Waals surface area contributed by atoms with E-state index in [-0.39, 0.29) is 30.4 Å². The van der Waals surface area contributed by atoms with Gasteiger partial charge in [0.25, 0.3) is 0 Å². The molecule has 5 nitrogen and oxygen atoms in total. The highest BCUT2D eigenvalue weighted by atomic mass is 32.2. The first-order valence-electron chi connectivity index (χ1n) is 8.65. The van der Waals surface area contributed by atoms with Crippen molar-refractivity contribution >= 4 is 35.3 Å². The molecule has 0 radical (unpaired) electrons. The second kappa shape index (κ2) is 16.7. The molecule has 0 aliphatic heterocycles. The maximum absolute atomic E-state index is 11.9. The van der Waals surface area contributed by atoms with Crippen LogP contribution in [0, 0.1) is 0 Å². The topological polar surface area (TPSA) is 78.4 Å². The highest BCUT2D eigenvalue weighted by Crippen LogP contribution is 2.27. The van der Waals surface area contributed by atoms with Gasteiger partial charge in [0.15, 0.2) is 5.78 Å². The average molecular weight is 427 g/mol. The Morgan fingerprint density at radius 3 is 1.52 bits per heavy atom. The Balaban J connectivity index is -0.000000187. The zero-order valence-corrected chi connectivity index (χ0v) is 19.0. The third-order valence-corrected chi connectivity index (χ3v) is 6.94. The van der Waals surface area contributed by atoms with E-state index in [9.17, 15) is 9.59 Å². The fourth-order valence-corrected chi connectivity index (χ4v) is 3.34. The SMILES string of the molecule is C.C.CCCCC(=O)C(NC)C(C)(C)SC.CNC(C(=O)O)C(C)(C)SC. The number of carbonyl (C=O) groups is 2. The summed E-state index contributed by atoms with van der Waals surface area (Å²) in [7, 11) is 3.53. The summed E-state index contributed by atoms with van der Waals surface area (Å²) >= 11 is 3.28. The standard InChI is InChI=1S/C11H23NOS.C7H15NO2S.2CH4/c1-6-7-8-9(13)10(12-4)11(2,3)14-5;1-7(2,11-4)5(8-3)6(9)10;;/h10,12H,6-8H2,1-5H3;5,8H,1-4H3,(H,9,10);2*1H4. The lowest BCUT2D eigenvalue weighted by atomic mass is 9.96. The van der Waals surface area contributed by atoms with Crippen LogP contribution in [0.2, 0.25) is 0 Å². The van der Waals surface area contributed by atoms with Gasteiger partial charge in [0, 0.05) is 15.9 Å². The molecule has 0 fully saturated rings. The van der Waals surface area contributed by atoms with Crippen molar-refractivity contribution in [2.24, 2.45) is 0 Å². The molecular weight excluding hydrogens is 380 g/mol. The number of Topliss-reactive ketones (excluding diaryl/α,β-unsaturated/α-hetero) is 1. The predicted octanol–water partition coefficient (Wildman–Crippen LogP) is 4.55. The minimum atomic E-state index is -0.799. The first-order chi connectivity index (χ1) is 11.4. The Labute approximate surface area is 177 Å². The summed E-state index contributed by atoms with van der Waals surface area (Å²) < 4.78 is -0.278. The van der Waals surface area contributed by atoms with E-state index in [0.717, 1.165) is 12.8 Å². The van der Waals surface area contributed by atoms with Gasteiger partial charge in [-0.3, -0.25) is 9.59 Å². The van der Waals surface area contributed by atoms with E-state index in [2.05, 4.69) is 37.7 Å². The Hall–Kier alpha value is -0.240. The first kappa shape index (κ1) is 34.3. The van der Waals surface area contributed by atoms with Crippen LogP contribution >= 0.6 is 23.5 Å². The van der Waals surface area contributed by atoms with Crippen molar-refractivity contribution in [3.05, 3.63) is 0 Å². The molecule has 0 aromatic heterocycles. The third kappa shape index (κ3) is 12.8. The number of hydrogen-bond donors (Lipinski definition) is 3. The van der Waals surface area contributed by atoms with Gasteiger partial charge >= 0.3 is 5.97 Å². The summed E-state index contributed by atoms with van der Waals surface area (Å²) in [5, 5.41) is 14.7. The predicted molar refractivity (Wildman–Crippen MR) is 127 cm³/mol. The average Bonchev–Trinajstić information content (AvgIpc) is 2.53. The van der Waals surface area contributed by atoms with Crippen LogP contribution in [0.1, 0.15) is 68.7 Å². The number of unbranched alkanes of at least 4 members (excludes halogenated alkanes) is 1. The van der Waals surface area contributed by atoms with Crippen molar-refractivity contribution in [2.75, 3.05) is 26.6 Å². The number of carbonyl (C=O) groups excluding carboxylic acids is 1. The quantitative estimate of drug-likeness (QED) is 0.447. The molecule has 0 bridgehead atoms. The third-order valence-electron chi connectivity index (χ3n) is 4.37. The van der Waals surface area contributed by atoms with E-state index in [4.69, 9.17) is 5.11 Å². The van der Waals surface area contributed by atoms with Crippen molar-refractivity contribution in [3.63, 3.8) is 0 Å². The molecule has 0 spiro atoms. The molecule has 0 rings (SSSR count). The zero-order valence-electron chi connectivity index (χ0n) is 17.4. The summed E-state index contributed by atoms with van der Waals surface area (Å²) in [6, 6.07) is -0.512. The molecule has 0 amide bonds. The highest BCUT2D eigenvalue weighted by Gasteiger charge is 2.33. The van der Waals surface area contributed by atoms with Crippen LogP contribution in [0.15, 0.2) is 0 Å². The van der Waals surface area contributed by atoms with Crippen molar-refractivity contribution < 1.29 is 14.7 Å². The van der Waals surface area contributed by atoms with E-state index in [1.165, 1.54) is 0 Å². The van der Waals surface area contributed by atoms with Gasteiger partial charge in [0.05, 0.1) is 6.04 Å². The minimum Gasteiger partial charge on any atom is -0.480 e. The van der Waals surface area contributed by atoms with E-state index >= 15 is 0 Å². The number of carboxylic acid groups (broad SMARTS) is 1. The molecular formula is C20H46N2O3S2. The zero-order chi connectivity index (χ0) is 20.3. The van der Waals surface area contributed by atoms with Gasteiger partial charge in [0.1, 0.15) is 6.04 Å². The highest BCUT2D eigenvalue weighted by molar-refractivity contribution is 8.00. The Morgan fingerprint density at radius 2 is 1.30 bits per heavy atom. The van der Waals surface area contributed by atoms with Crippen molar-refractivity contribution in [2.45, 2.75) is 90.3 Å². The number of aliphatic carboxylic acids is 1. The summed E-state index contributed by atoms with van der Waals surface area (Å²) in [6.07, 6.45) is 6.75. The number of thioether (sulfide) groups is 2.